The maximum absolute atomic E-state index is 12.0. The van der Waals surface area contributed by atoms with Gasteiger partial charge < -0.3 is 15.0 Å². The number of ether oxygens (including phenoxy) is 1. The number of hydrogen-bond acceptors (Lipinski definition) is 2. The number of nitrogens with one attached hydrogen (secondary N) is 2. The number of morpholine rings is 1. The van der Waals surface area contributed by atoms with E-state index in [1.807, 2.05) is 24.3 Å². The van der Waals surface area contributed by atoms with Gasteiger partial charge in [0.15, 0.2) is 6.54 Å². The second kappa shape index (κ2) is 6.50. The van der Waals surface area contributed by atoms with Gasteiger partial charge in [-0.2, -0.15) is 0 Å². The molecule has 2 rings (SSSR count). The number of rotatable bonds is 3. The number of carbonyl (C=O) groups is 1. The molecule has 1 aliphatic heterocycles. The molecular formula is C14H20BrN2O2+. The van der Waals surface area contributed by atoms with Gasteiger partial charge in [0.25, 0.3) is 5.91 Å². The van der Waals surface area contributed by atoms with E-state index in [4.69, 9.17) is 4.74 Å². The van der Waals surface area contributed by atoms with Gasteiger partial charge in [0.2, 0.25) is 0 Å². The van der Waals surface area contributed by atoms with Crippen molar-refractivity contribution in [1.29, 1.82) is 0 Å². The van der Waals surface area contributed by atoms with Gasteiger partial charge in [-0.25, -0.2) is 0 Å². The van der Waals surface area contributed by atoms with Crippen LogP contribution in [0.1, 0.15) is 13.8 Å². The van der Waals surface area contributed by atoms with E-state index in [-0.39, 0.29) is 18.1 Å². The standard InChI is InChI=1S/C14H19BrN2O2/c1-10-7-17(8-11(2)19-10)9-14(18)16-13-5-3-4-12(15)6-13/h3-6,10-11H,7-9H2,1-2H3,(H,16,18)/p+1/t10-,11-/m1/s1. The summed E-state index contributed by atoms with van der Waals surface area (Å²) in [6.07, 6.45) is 0.440. The quantitative estimate of drug-likeness (QED) is 0.872. The summed E-state index contributed by atoms with van der Waals surface area (Å²) in [5.74, 6) is 0.0504. The van der Waals surface area contributed by atoms with Crippen LogP contribution in [0, 0.1) is 0 Å². The average Bonchev–Trinajstić information content (AvgIpc) is 2.26. The summed E-state index contributed by atoms with van der Waals surface area (Å²) in [6.45, 7) is 6.38. The number of hydrogen-bond donors (Lipinski definition) is 2. The molecule has 0 aromatic heterocycles. The largest absolute Gasteiger partial charge is 0.364 e. The molecule has 1 saturated heterocycles. The smallest absolute Gasteiger partial charge is 0.279 e. The van der Waals surface area contributed by atoms with Crippen molar-refractivity contribution in [3.63, 3.8) is 0 Å². The molecule has 2 atom stereocenters. The average molecular weight is 328 g/mol. The third-order valence-electron chi connectivity index (χ3n) is 3.14. The Morgan fingerprint density at radius 2 is 2.11 bits per heavy atom. The minimum atomic E-state index is 0.0504. The third-order valence-corrected chi connectivity index (χ3v) is 3.63. The Morgan fingerprint density at radius 1 is 1.42 bits per heavy atom. The molecule has 1 aromatic rings. The number of halogens is 1. The van der Waals surface area contributed by atoms with Crippen LogP contribution >= 0.6 is 15.9 Å². The van der Waals surface area contributed by atoms with Gasteiger partial charge in [0.1, 0.15) is 25.3 Å². The fourth-order valence-electron chi connectivity index (χ4n) is 2.53. The predicted octanol–water partition coefficient (Wildman–Crippen LogP) is 1.08. The van der Waals surface area contributed by atoms with Crippen LogP contribution in [0.4, 0.5) is 5.69 Å². The lowest BCUT2D eigenvalue weighted by atomic mass is 10.2. The van der Waals surface area contributed by atoms with Crippen LogP contribution < -0.4 is 10.2 Å². The van der Waals surface area contributed by atoms with Crippen LogP contribution in [0.2, 0.25) is 0 Å². The van der Waals surface area contributed by atoms with E-state index < -0.39 is 0 Å². The lowest BCUT2D eigenvalue weighted by molar-refractivity contribution is -0.907. The first kappa shape index (κ1) is 14.5. The van der Waals surface area contributed by atoms with Gasteiger partial charge in [-0.15, -0.1) is 0 Å². The van der Waals surface area contributed by atoms with Crippen molar-refractivity contribution in [3.8, 4) is 0 Å². The molecule has 0 aliphatic carbocycles. The van der Waals surface area contributed by atoms with Gasteiger partial charge in [-0.3, -0.25) is 4.79 Å². The van der Waals surface area contributed by atoms with Crippen molar-refractivity contribution in [2.75, 3.05) is 25.0 Å². The van der Waals surface area contributed by atoms with E-state index in [0.717, 1.165) is 23.2 Å². The molecule has 4 nitrogen and oxygen atoms in total. The Bertz CT molecular complexity index is 443. The van der Waals surface area contributed by atoms with Gasteiger partial charge >= 0.3 is 0 Å². The molecule has 0 radical (unpaired) electrons. The first-order valence-electron chi connectivity index (χ1n) is 6.57. The molecule has 0 bridgehead atoms. The Balaban J connectivity index is 1.87. The van der Waals surface area contributed by atoms with E-state index in [1.165, 1.54) is 4.90 Å². The van der Waals surface area contributed by atoms with E-state index in [9.17, 15) is 4.79 Å². The highest BCUT2D eigenvalue weighted by molar-refractivity contribution is 9.10. The number of carbonyl (C=O) groups excluding carboxylic acids is 1. The fraction of sp³-hybridized carbons (Fsp3) is 0.500. The van der Waals surface area contributed by atoms with Gasteiger partial charge in [0.05, 0.1) is 0 Å². The van der Waals surface area contributed by atoms with Crippen molar-refractivity contribution in [1.82, 2.24) is 0 Å². The molecule has 2 N–H and O–H groups in total. The van der Waals surface area contributed by atoms with Crippen LogP contribution in [0.15, 0.2) is 28.7 Å². The summed E-state index contributed by atoms with van der Waals surface area (Å²) >= 11 is 3.39. The SMILES string of the molecule is C[C@@H]1C[NH+](CC(=O)Nc2cccc(Br)c2)C[C@@H](C)O1. The highest BCUT2D eigenvalue weighted by Crippen LogP contribution is 2.15. The minimum Gasteiger partial charge on any atom is -0.364 e. The van der Waals surface area contributed by atoms with E-state index in [0.29, 0.717) is 6.54 Å². The number of amides is 1. The van der Waals surface area contributed by atoms with Crippen molar-refractivity contribution in [2.24, 2.45) is 0 Å². The molecule has 1 aromatic carbocycles. The summed E-state index contributed by atoms with van der Waals surface area (Å²) in [4.78, 5) is 13.3. The van der Waals surface area contributed by atoms with Crippen molar-refractivity contribution < 1.29 is 14.4 Å². The summed E-state index contributed by atoms with van der Waals surface area (Å²) in [6, 6.07) is 7.64. The van der Waals surface area contributed by atoms with Crippen LogP contribution in [0.3, 0.4) is 0 Å². The van der Waals surface area contributed by atoms with E-state index in [2.05, 4.69) is 35.1 Å². The Labute approximate surface area is 122 Å². The fourth-order valence-corrected chi connectivity index (χ4v) is 2.93. The predicted molar refractivity (Wildman–Crippen MR) is 78.3 cm³/mol. The molecule has 19 heavy (non-hydrogen) atoms. The molecular weight excluding hydrogens is 308 g/mol. The minimum absolute atomic E-state index is 0.0504. The number of anilines is 1. The van der Waals surface area contributed by atoms with Crippen molar-refractivity contribution in [2.45, 2.75) is 26.1 Å². The molecule has 1 aliphatic rings. The monoisotopic (exact) mass is 327 g/mol. The molecule has 0 unspecified atom stereocenters. The molecule has 1 heterocycles. The Kier molecular flexibility index (Phi) is 4.96. The van der Waals surface area contributed by atoms with Gasteiger partial charge in [0, 0.05) is 10.2 Å². The second-order valence-corrected chi connectivity index (χ2v) is 6.07. The highest BCUT2D eigenvalue weighted by atomic mass is 79.9. The normalized spacial score (nSPS) is 27.0. The zero-order valence-electron chi connectivity index (χ0n) is 11.3. The maximum Gasteiger partial charge on any atom is 0.279 e. The third kappa shape index (κ3) is 4.60. The van der Waals surface area contributed by atoms with E-state index >= 15 is 0 Å². The highest BCUT2D eigenvalue weighted by Gasteiger charge is 2.27. The first-order chi connectivity index (χ1) is 9.02. The summed E-state index contributed by atoms with van der Waals surface area (Å²) in [7, 11) is 0. The Hall–Kier alpha value is -0.910. The second-order valence-electron chi connectivity index (χ2n) is 5.15. The molecule has 1 amide bonds. The lowest BCUT2D eigenvalue weighted by Gasteiger charge is -2.31. The summed E-state index contributed by atoms with van der Waals surface area (Å²) in [5.41, 5.74) is 0.827. The zero-order chi connectivity index (χ0) is 13.8. The molecule has 5 heteroatoms. The molecule has 1 fully saturated rings. The number of benzene rings is 1. The van der Waals surface area contributed by atoms with Gasteiger partial charge in [-0.05, 0) is 32.0 Å². The van der Waals surface area contributed by atoms with Crippen LogP contribution in [0.5, 0.6) is 0 Å². The topological polar surface area (TPSA) is 42.8 Å². The number of quaternary nitrogens is 1. The maximum atomic E-state index is 12.0. The van der Waals surface area contributed by atoms with Crippen LogP contribution in [-0.2, 0) is 9.53 Å². The Morgan fingerprint density at radius 3 is 2.74 bits per heavy atom. The summed E-state index contributed by atoms with van der Waals surface area (Å²) < 4.78 is 6.64. The van der Waals surface area contributed by atoms with Crippen molar-refractivity contribution >= 4 is 27.5 Å². The van der Waals surface area contributed by atoms with Gasteiger partial charge in [-0.1, -0.05) is 22.0 Å². The first-order valence-corrected chi connectivity index (χ1v) is 7.36. The lowest BCUT2D eigenvalue weighted by Crippen LogP contribution is -3.16. The van der Waals surface area contributed by atoms with Crippen LogP contribution in [-0.4, -0.2) is 37.7 Å². The van der Waals surface area contributed by atoms with E-state index in [1.54, 1.807) is 0 Å². The molecule has 104 valence electrons. The van der Waals surface area contributed by atoms with Crippen molar-refractivity contribution in [3.05, 3.63) is 28.7 Å². The van der Waals surface area contributed by atoms with Crippen LogP contribution in [0.25, 0.3) is 0 Å². The molecule has 0 spiro atoms. The molecule has 0 saturated carbocycles. The summed E-state index contributed by atoms with van der Waals surface area (Å²) in [5, 5.41) is 2.93. The zero-order valence-corrected chi connectivity index (χ0v) is 12.9.